The minimum absolute atomic E-state index is 0.100. The van der Waals surface area contributed by atoms with E-state index in [4.69, 9.17) is 16.6 Å². The molecule has 1 unspecified atom stereocenters. The van der Waals surface area contributed by atoms with Crippen LogP contribution in [0.5, 0.6) is 0 Å². The zero-order valence-electron chi connectivity index (χ0n) is 19.2. The molecule has 172 valence electrons. The highest BCUT2D eigenvalue weighted by molar-refractivity contribution is 6.30. The average Bonchev–Trinajstić information content (AvgIpc) is 3.32. The summed E-state index contributed by atoms with van der Waals surface area (Å²) in [6.45, 7) is 2.01. The maximum atomic E-state index is 12.5. The summed E-state index contributed by atoms with van der Waals surface area (Å²) in [6, 6.07) is 20.2. The van der Waals surface area contributed by atoms with Gasteiger partial charge in [0.1, 0.15) is 6.10 Å². The van der Waals surface area contributed by atoms with Gasteiger partial charge in [0.2, 0.25) is 0 Å². The van der Waals surface area contributed by atoms with Crippen LogP contribution in [0.1, 0.15) is 22.9 Å². The predicted molar refractivity (Wildman–Crippen MR) is 136 cm³/mol. The van der Waals surface area contributed by atoms with E-state index >= 15 is 0 Å². The summed E-state index contributed by atoms with van der Waals surface area (Å²) >= 11 is 5.94. The fraction of sp³-hybridized carbons (Fsp3) is 0.148. The molecule has 1 N–H and O–H groups in total. The fourth-order valence-corrected chi connectivity index (χ4v) is 3.80. The van der Waals surface area contributed by atoms with E-state index in [1.54, 1.807) is 60.5 Å². The molecule has 0 aliphatic carbocycles. The number of hydrogen-bond acceptors (Lipinski definition) is 4. The molecule has 0 amide bonds. The van der Waals surface area contributed by atoms with Crippen molar-refractivity contribution >= 4 is 22.6 Å². The number of hydrogen-bond donors (Lipinski definition) is 1. The minimum atomic E-state index is -0.885. The molecule has 3 aromatic heterocycles. The summed E-state index contributed by atoms with van der Waals surface area (Å²) in [5, 5.41) is 11.4. The molecular weight excluding hydrogens is 448 g/mol. The Morgan fingerprint density at radius 1 is 1.00 bits per heavy atom. The van der Waals surface area contributed by atoms with Crippen LogP contribution in [-0.4, -0.2) is 24.2 Å². The number of benzene rings is 2. The van der Waals surface area contributed by atoms with Gasteiger partial charge in [0, 0.05) is 43.1 Å². The van der Waals surface area contributed by atoms with Crippen LogP contribution in [0.4, 0.5) is 0 Å². The lowest BCUT2D eigenvalue weighted by atomic mass is 10.0. The Morgan fingerprint density at radius 2 is 1.76 bits per heavy atom. The number of aliphatic hydroxyl groups excluding tert-OH is 1. The summed E-state index contributed by atoms with van der Waals surface area (Å²) < 4.78 is 3.46. The van der Waals surface area contributed by atoms with Crippen LogP contribution in [0.2, 0.25) is 5.02 Å². The lowest BCUT2D eigenvalue weighted by Gasteiger charge is -2.15. The van der Waals surface area contributed by atoms with Gasteiger partial charge in [-0.1, -0.05) is 53.6 Å². The van der Waals surface area contributed by atoms with Gasteiger partial charge in [0.15, 0.2) is 0 Å². The Hall–Kier alpha value is -3.74. The topological polar surface area (TPSA) is 72.9 Å². The van der Waals surface area contributed by atoms with Gasteiger partial charge in [-0.25, -0.2) is 9.97 Å². The summed E-state index contributed by atoms with van der Waals surface area (Å²) in [4.78, 5) is 21.0. The highest BCUT2D eigenvalue weighted by Crippen LogP contribution is 2.29. The van der Waals surface area contributed by atoms with Crippen molar-refractivity contribution in [3.63, 3.8) is 0 Å². The Balaban J connectivity index is 0.000000398. The molecule has 34 heavy (non-hydrogen) atoms. The lowest BCUT2D eigenvalue weighted by molar-refractivity contribution is 0.216. The van der Waals surface area contributed by atoms with Gasteiger partial charge in [0.05, 0.1) is 23.1 Å². The third-order valence-electron chi connectivity index (χ3n) is 5.54. The SMILES string of the molecule is Cc1cccc(-c2cc(=O)n(C)c3ccc(C(O)c4ccc(Cl)cc4)nc23)c1.Cn1ccnc1. The Morgan fingerprint density at radius 3 is 2.38 bits per heavy atom. The van der Waals surface area contributed by atoms with E-state index in [1.807, 2.05) is 55.1 Å². The second-order valence-electron chi connectivity index (χ2n) is 8.11. The van der Waals surface area contributed by atoms with E-state index in [2.05, 4.69) is 4.98 Å². The zero-order valence-corrected chi connectivity index (χ0v) is 19.9. The van der Waals surface area contributed by atoms with Crippen molar-refractivity contribution in [1.82, 2.24) is 19.1 Å². The first-order chi connectivity index (χ1) is 16.3. The fourth-order valence-electron chi connectivity index (χ4n) is 3.67. The van der Waals surface area contributed by atoms with E-state index in [0.29, 0.717) is 21.8 Å². The number of aromatic nitrogens is 4. The molecule has 6 nitrogen and oxygen atoms in total. The maximum Gasteiger partial charge on any atom is 0.251 e. The van der Waals surface area contributed by atoms with Crippen LogP contribution in [0.25, 0.3) is 22.2 Å². The smallest absolute Gasteiger partial charge is 0.251 e. The minimum Gasteiger partial charge on any atom is -0.382 e. The summed E-state index contributed by atoms with van der Waals surface area (Å²) in [6.07, 6.45) is 4.50. The third-order valence-corrected chi connectivity index (χ3v) is 5.79. The van der Waals surface area contributed by atoms with Gasteiger partial charge in [-0.05, 0) is 42.3 Å². The first kappa shape index (κ1) is 23.4. The summed E-state index contributed by atoms with van der Waals surface area (Å²) in [5.74, 6) is 0. The van der Waals surface area contributed by atoms with Gasteiger partial charge in [-0.2, -0.15) is 0 Å². The second-order valence-corrected chi connectivity index (χ2v) is 8.55. The van der Waals surface area contributed by atoms with Crippen molar-refractivity contribution in [2.75, 3.05) is 0 Å². The molecule has 0 radical (unpaired) electrons. The van der Waals surface area contributed by atoms with E-state index in [0.717, 1.165) is 22.2 Å². The van der Waals surface area contributed by atoms with Gasteiger partial charge >= 0.3 is 0 Å². The maximum absolute atomic E-state index is 12.5. The van der Waals surface area contributed by atoms with Crippen LogP contribution >= 0.6 is 11.6 Å². The number of imidazole rings is 1. The number of pyridine rings is 2. The first-order valence-corrected chi connectivity index (χ1v) is 11.1. The third kappa shape index (κ3) is 5.09. The zero-order chi connectivity index (χ0) is 24.2. The van der Waals surface area contributed by atoms with E-state index in [1.165, 1.54) is 0 Å². The van der Waals surface area contributed by atoms with Crippen LogP contribution in [-0.2, 0) is 14.1 Å². The molecule has 0 aliphatic heterocycles. The molecular formula is C27H25ClN4O2. The number of nitrogens with zero attached hydrogens (tertiary/aromatic N) is 4. The van der Waals surface area contributed by atoms with Crippen molar-refractivity contribution in [2.24, 2.45) is 14.1 Å². The molecule has 3 heterocycles. The van der Waals surface area contributed by atoms with Gasteiger partial charge in [0.25, 0.3) is 5.56 Å². The van der Waals surface area contributed by atoms with Crippen LogP contribution in [0, 0.1) is 6.92 Å². The van der Waals surface area contributed by atoms with Crippen LogP contribution < -0.4 is 5.56 Å². The standard InChI is InChI=1S/C23H19ClN2O2.C4H6N2/c1-14-4-3-5-16(12-14)18-13-21(27)26(2)20-11-10-19(25-22(18)20)23(28)15-6-8-17(24)9-7-15;1-6-3-2-5-4-6/h3-13,23,28H,1-2H3;2-4H,1H3. The molecule has 0 saturated carbocycles. The van der Waals surface area contributed by atoms with Crippen molar-refractivity contribution in [3.8, 4) is 11.1 Å². The largest absolute Gasteiger partial charge is 0.382 e. The second kappa shape index (κ2) is 10.0. The average molecular weight is 473 g/mol. The molecule has 0 bridgehead atoms. The number of rotatable bonds is 3. The first-order valence-electron chi connectivity index (χ1n) is 10.8. The number of aliphatic hydroxyl groups is 1. The molecule has 5 rings (SSSR count). The van der Waals surface area contributed by atoms with Crippen molar-refractivity contribution < 1.29 is 5.11 Å². The molecule has 7 heteroatoms. The molecule has 0 fully saturated rings. The molecule has 0 saturated heterocycles. The Labute approximate surface area is 202 Å². The van der Waals surface area contributed by atoms with E-state index in [9.17, 15) is 9.90 Å². The molecule has 5 aromatic rings. The molecule has 0 spiro atoms. The number of aryl methyl sites for hydroxylation is 3. The number of fused-ring (bicyclic) bond motifs is 1. The quantitative estimate of drug-likeness (QED) is 0.398. The highest BCUT2D eigenvalue weighted by atomic mass is 35.5. The highest BCUT2D eigenvalue weighted by Gasteiger charge is 2.16. The van der Waals surface area contributed by atoms with Crippen molar-refractivity contribution in [1.29, 1.82) is 0 Å². The van der Waals surface area contributed by atoms with E-state index < -0.39 is 6.10 Å². The Kier molecular flexibility index (Phi) is 6.91. The number of halogens is 1. The Bertz CT molecular complexity index is 1480. The van der Waals surface area contributed by atoms with Gasteiger partial charge in [-0.15, -0.1) is 0 Å². The lowest BCUT2D eigenvalue weighted by Crippen LogP contribution is -2.17. The van der Waals surface area contributed by atoms with Crippen LogP contribution in [0.3, 0.4) is 0 Å². The van der Waals surface area contributed by atoms with Crippen molar-refractivity contribution in [2.45, 2.75) is 13.0 Å². The molecule has 2 aromatic carbocycles. The summed E-state index contributed by atoms with van der Waals surface area (Å²) in [7, 11) is 3.66. The molecule has 1 atom stereocenters. The van der Waals surface area contributed by atoms with E-state index in [-0.39, 0.29) is 5.56 Å². The van der Waals surface area contributed by atoms with Gasteiger partial charge in [-0.3, -0.25) is 4.79 Å². The summed E-state index contributed by atoms with van der Waals surface area (Å²) in [5.41, 5.74) is 5.30. The van der Waals surface area contributed by atoms with Gasteiger partial charge < -0.3 is 14.2 Å². The monoisotopic (exact) mass is 472 g/mol. The normalized spacial score (nSPS) is 11.7. The van der Waals surface area contributed by atoms with Crippen molar-refractivity contribution in [3.05, 3.63) is 118 Å². The molecule has 0 aliphatic rings. The van der Waals surface area contributed by atoms with Crippen LogP contribution in [0.15, 0.2) is 90.2 Å². The predicted octanol–water partition coefficient (Wildman–Crippen LogP) is 5.06.